The molecule has 1 saturated heterocycles. The van der Waals surface area contributed by atoms with Gasteiger partial charge in [-0.15, -0.1) is 0 Å². The minimum atomic E-state index is -0.540. The van der Waals surface area contributed by atoms with Crippen LogP contribution in [0.5, 0.6) is 0 Å². The van der Waals surface area contributed by atoms with Crippen LogP contribution >= 0.6 is 0 Å². The zero-order valence-electron chi connectivity index (χ0n) is 9.61. The van der Waals surface area contributed by atoms with Crippen molar-refractivity contribution in [2.75, 3.05) is 6.61 Å². The highest BCUT2D eigenvalue weighted by Crippen LogP contribution is 2.37. The van der Waals surface area contributed by atoms with Gasteiger partial charge in [-0.25, -0.2) is 4.79 Å². The Labute approximate surface area is 95.6 Å². The highest BCUT2D eigenvalue weighted by atomic mass is 16.8. The van der Waals surface area contributed by atoms with Gasteiger partial charge in [0.05, 0.1) is 0 Å². The van der Waals surface area contributed by atoms with Crippen molar-refractivity contribution in [3.05, 3.63) is 12.2 Å². The maximum Gasteiger partial charge on any atom is 0.332 e. The first-order valence-electron chi connectivity index (χ1n) is 5.89. The molecule has 4 heteroatoms. The van der Waals surface area contributed by atoms with Crippen molar-refractivity contribution < 1.29 is 19.0 Å². The fourth-order valence-corrected chi connectivity index (χ4v) is 2.24. The van der Waals surface area contributed by atoms with Crippen LogP contribution in [-0.2, 0) is 19.0 Å². The molecule has 1 unspecified atom stereocenters. The molecule has 0 aromatic heterocycles. The fourth-order valence-electron chi connectivity index (χ4n) is 2.24. The monoisotopic (exact) mass is 226 g/mol. The highest BCUT2D eigenvalue weighted by Gasteiger charge is 2.43. The van der Waals surface area contributed by atoms with Crippen LogP contribution in [0.25, 0.3) is 0 Å². The molecule has 0 N–H and O–H groups in total. The Morgan fingerprint density at radius 3 is 2.81 bits per heavy atom. The molecule has 90 valence electrons. The minimum Gasteiger partial charge on any atom is -0.430 e. The number of ether oxygens (including phenoxy) is 3. The second kappa shape index (κ2) is 4.97. The molecule has 2 fully saturated rings. The predicted molar refractivity (Wildman–Crippen MR) is 57.5 cm³/mol. The molecule has 0 radical (unpaired) electrons. The van der Waals surface area contributed by atoms with E-state index in [1.807, 2.05) is 0 Å². The summed E-state index contributed by atoms with van der Waals surface area (Å²) in [7, 11) is 0. The molecule has 0 aromatic rings. The molecule has 2 aliphatic rings. The van der Waals surface area contributed by atoms with Crippen LogP contribution in [0.15, 0.2) is 12.2 Å². The Morgan fingerprint density at radius 2 is 2.12 bits per heavy atom. The molecule has 1 atom stereocenters. The van der Waals surface area contributed by atoms with Gasteiger partial charge in [0, 0.05) is 18.9 Å². The molecular formula is C12H18O4. The smallest absolute Gasteiger partial charge is 0.332 e. The summed E-state index contributed by atoms with van der Waals surface area (Å²) in [5.41, 5.74) is 0. The first-order chi connectivity index (χ1) is 7.74. The van der Waals surface area contributed by atoms with E-state index in [1.54, 1.807) is 13.0 Å². The van der Waals surface area contributed by atoms with Crippen LogP contribution in [0.4, 0.5) is 0 Å². The Hall–Kier alpha value is -0.870. The van der Waals surface area contributed by atoms with Gasteiger partial charge in [-0.2, -0.15) is 0 Å². The van der Waals surface area contributed by atoms with Gasteiger partial charge in [0.15, 0.2) is 5.79 Å². The van der Waals surface area contributed by atoms with Gasteiger partial charge in [0.2, 0.25) is 6.29 Å². The number of carbonyl (C=O) groups is 1. The Balaban J connectivity index is 1.85. The lowest BCUT2D eigenvalue weighted by atomic mass is 9.94. The molecule has 0 amide bonds. The summed E-state index contributed by atoms with van der Waals surface area (Å²) < 4.78 is 16.5. The van der Waals surface area contributed by atoms with Crippen LogP contribution in [-0.4, -0.2) is 24.7 Å². The predicted octanol–water partition coefficient (Wildman–Crippen LogP) is 2.14. The van der Waals surface area contributed by atoms with Crippen LogP contribution in [0.1, 0.15) is 39.0 Å². The summed E-state index contributed by atoms with van der Waals surface area (Å²) in [5, 5.41) is 0. The number of hydrogen-bond acceptors (Lipinski definition) is 4. The Bertz CT molecular complexity index is 279. The summed E-state index contributed by atoms with van der Waals surface area (Å²) >= 11 is 0. The summed E-state index contributed by atoms with van der Waals surface area (Å²) in [6.45, 7) is 2.12. The third-order valence-electron chi connectivity index (χ3n) is 2.99. The van der Waals surface area contributed by atoms with E-state index in [1.165, 1.54) is 12.5 Å². The molecule has 0 bridgehead atoms. The largest absolute Gasteiger partial charge is 0.430 e. The van der Waals surface area contributed by atoms with Gasteiger partial charge in [-0.05, 0) is 19.8 Å². The topological polar surface area (TPSA) is 44.8 Å². The van der Waals surface area contributed by atoms with E-state index in [0.717, 1.165) is 25.7 Å². The Morgan fingerprint density at radius 1 is 1.38 bits per heavy atom. The summed E-state index contributed by atoms with van der Waals surface area (Å²) in [6, 6.07) is 0. The van der Waals surface area contributed by atoms with Gasteiger partial charge >= 0.3 is 5.97 Å². The third-order valence-corrected chi connectivity index (χ3v) is 2.99. The lowest BCUT2D eigenvalue weighted by Gasteiger charge is -2.31. The van der Waals surface area contributed by atoms with Crippen molar-refractivity contribution in [1.29, 1.82) is 0 Å². The van der Waals surface area contributed by atoms with Gasteiger partial charge in [-0.1, -0.05) is 12.5 Å². The lowest BCUT2D eigenvalue weighted by Crippen LogP contribution is -2.33. The quantitative estimate of drug-likeness (QED) is 0.534. The Kier molecular flexibility index (Phi) is 3.61. The van der Waals surface area contributed by atoms with Gasteiger partial charge in [0.25, 0.3) is 0 Å². The van der Waals surface area contributed by atoms with Gasteiger partial charge < -0.3 is 14.2 Å². The van der Waals surface area contributed by atoms with E-state index in [-0.39, 0.29) is 5.97 Å². The maximum atomic E-state index is 11.2. The fraction of sp³-hybridized carbons (Fsp3) is 0.750. The average molecular weight is 226 g/mol. The summed E-state index contributed by atoms with van der Waals surface area (Å²) in [6.07, 6.45) is 7.78. The van der Waals surface area contributed by atoms with Crippen molar-refractivity contribution >= 4 is 5.97 Å². The molecule has 1 saturated carbocycles. The van der Waals surface area contributed by atoms with E-state index in [4.69, 9.17) is 14.2 Å². The number of esters is 1. The second-order valence-electron chi connectivity index (χ2n) is 4.27. The van der Waals surface area contributed by atoms with Crippen LogP contribution in [0.3, 0.4) is 0 Å². The van der Waals surface area contributed by atoms with E-state index < -0.39 is 12.1 Å². The molecule has 1 aliphatic carbocycles. The third kappa shape index (κ3) is 2.62. The lowest BCUT2D eigenvalue weighted by molar-refractivity contribution is -0.221. The first kappa shape index (κ1) is 11.6. The second-order valence-corrected chi connectivity index (χ2v) is 4.27. The summed E-state index contributed by atoms with van der Waals surface area (Å²) in [5.74, 6) is -0.844. The molecular weight excluding hydrogens is 208 g/mol. The van der Waals surface area contributed by atoms with Crippen molar-refractivity contribution in [2.45, 2.75) is 51.1 Å². The summed E-state index contributed by atoms with van der Waals surface area (Å²) in [4.78, 5) is 11.2. The van der Waals surface area contributed by atoms with Crippen LogP contribution in [0, 0.1) is 0 Å². The molecule has 2 rings (SSSR count). The first-order valence-corrected chi connectivity index (χ1v) is 5.89. The standard InChI is InChI=1S/C12H18O4/c1-2-6-10(13)15-11-9-14-12(16-11)7-4-3-5-8-12/h2,6,11H,3-5,7-9H2,1H3. The number of rotatable bonds is 2. The van der Waals surface area contributed by atoms with Crippen molar-refractivity contribution in [3.8, 4) is 0 Å². The zero-order chi connectivity index (χ0) is 11.4. The molecule has 1 heterocycles. The number of hydrogen-bond donors (Lipinski definition) is 0. The van der Waals surface area contributed by atoms with Gasteiger partial charge in [0.1, 0.15) is 6.61 Å². The number of allylic oxidation sites excluding steroid dienone is 1. The zero-order valence-corrected chi connectivity index (χ0v) is 9.61. The van der Waals surface area contributed by atoms with Crippen LogP contribution in [0.2, 0.25) is 0 Å². The van der Waals surface area contributed by atoms with E-state index >= 15 is 0 Å². The van der Waals surface area contributed by atoms with Crippen molar-refractivity contribution in [2.24, 2.45) is 0 Å². The average Bonchev–Trinajstić information content (AvgIpc) is 2.63. The van der Waals surface area contributed by atoms with Crippen molar-refractivity contribution in [1.82, 2.24) is 0 Å². The minimum absolute atomic E-state index is 0.350. The maximum absolute atomic E-state index is 11.2. The van der Waals surface area contributed by atoms with E-state index in [9.17, 15) is 4.79 Å². The van der Waals surface area contributed by atoms with Crippen LogP contribution < -0.4 is 0 Å². The molecule has 16 heavy (non-hydrogen) atoms. The molecule has 1 spiro atoms. The van der Waals surface area contributed by atoms with E-state index in [2.05, 4.69) is 0 Å². The van der Waals surface area contributed by atoms with E-state index in [0.29, 0.717) is 6.61 Å². The normalized spacial score (nSPS) is 28.7. The van der Waals surface area contributed by atoms with Gasteiger partial charge in [-0.3, -0.25) is 0 Å². The molecule has 1 aliphatic heterocycles. The number of carbonyl (C=O) groups excluding carboxylic acids is 1. The van der Waals surface area contributed by atoms with Crippen molar-refractivity contribution in [3.63, 3.8) is 0 Å². The highest BCUT2D eigenvalue weighted by molar-refractivity contribution is 5.81. The SMILES string of the molecule is CC=CC(=O)OC1COC2(CCCCC2)O1. The molecule has 4 nitrogen and oxygen atoms in total. The molecule has 0 aromatic carbocycles.